The van der Waals surface area contributed by atoms with Crippen molar-refractivity contribution in [2.45, 2.75) is 41.4 Å². The second-order valence-corrected chi connectivity index (χ2v) is 6.94. The molecular formula is C16H20O3S. The van der Waals surface area contributed by atoms with Gasteiger partial charge in [0.2, 0.25) is 0 Å². The number of ether oxygens (including phenoxy) is 2. The summed E-state index contributed by atoms with van der Waals surface area (Å²) in [6.07, 6.45) is 5.14. The SMILES string of the molecule is O=Cc1ccc(SC2CCOC3(CCOCC3)C2)cc1. The smallest absolute Gasteiger partial charge is 0.150 e. The molecule has 2 saturated heterocycles. The van der Waals surface area contributed by atoms with Gasteiger partial charge in [-0.2, -0.15) is 0 Å². The lowest BCUT2D eigenvalue weighted by Gasteiger charge is -2.43. The number of thioether (sulfide) groups is 1. The Balaban J connectivity index is 1.63. The van der Waals surface area contributed by atoms with Crippen LogP contribution < -0.4 is 0 Å². The summed E-state index contributed by atoms with van der Waals surface area (Å²) >= 11 is 1.91. The van der Waals surface area contributed by atoms with Gasteiger partial charge in [-0.3, -0.25) is 4.79 Å². The molecule has 0 radical (unpaired) electrons. The lowest BCUT2D eigenvalue weighted by molar-refractivity contribution is -0.131. The van der Waals surface area contributed by atoms with Crippen LogP contribution in [0.4, 0.5) is 0 Å². The van der Waals surface area contributed by atoms with Crippen molar-refractivity contribution in [3.63, 3.8) is 0 Å². The Bertz CT molecular complexity index is 446. The highest BCUT2D eigenvalue weighted by molar-refractivity contribution is 8.00. The van der Waals surface area contributed by atoms with E-state index in [-0.39, 0.29) is 5.60 Å². The van der Waals surface area contributed by atoms with Gasteiger partial charge in [0.25, 0.3) is 0 Å². The molecule has 2 aliphatic heterocycles. The molecule has 2 heterocycles. The average Bonchev–Trinajstić information content (AvgIpc) is 2.49. The molecular weight excluding hydrogens is 272 g/mol. The van der Waals surface area contributed by atoms with Gasteiger partial charge in [0.1, 0.15) is 6.29 Å². The fraction of sp³-hybridized carbons (Fsp3) is 0.562. The Morgan fingerprint density at radius 1 is 1.15 bits per heavy atom. The first-order valence-electron chi connectivity index (χ1n) is 7.23. The van der Waals surface area contributed by atoms with Gasteiger partial charge in [-0.1, -0.05) is 12.1 Å². The van der Waals surface area contributed by atoms with Crippen LogP contribution in [0.1, 0.15) is 36.0 Å². The number of hydrogen-bond donors (Lipinski definition) is 0. The molecule has 1 spiro atoms. The van der Waals surface area contributed by atoms with E-state index in [0.29, 0.717) is 5.25 Å². The van der Waals surface area contributed by atoms with Gasteiger partial charge in [0.15, 0.2) is 0 Å². The maximum atomic E-state index is 10.7. The minimum Gasteiger partial charge on any atom is -0.381 e. The molecule has 0 bridgehead atoms. The van der Waals surface area contributed by atoms with Crippen molar-refractivity contribution in [1.82, 2.24) is 0 Å². The van der Waals surface area contributed by atoms with E-state index in [9.17, 15) is 4.79 Å². The standard InChI is InChI=1S/C16H20O3S/c17-12-13-1-3-14(4-2-13)20-15-5-8-19-16(11-15)6-9-18-10-7-16/h1-4,12,15H,5-11H2. The molecule has 2 aliphatic rings. The van der Waals surface area contributed by atoms with E-state index in [0.717, 1.165) is 57.4 Å². The third kappa shape index (κ3) is 3.25. The Morgan fingerprint density at radius 3 is 2.60 bits per heavy atom. The number of carbonyl (C=O) groups excluding carboxylic acids is 1. The zero-order chi connectivity index (χ0) is 13.8. The van der Waals surface area contributed by atoms with Crippen molar-refractivity contribution < 1.29 is 14.3 Å². The molecule has 0 N–H and O–H groups in total. The van der Waals surface area contributed by atoms with E-state index >= 15 is 0 Å². The maximum absolute atomic E-state index is 10.7. The van der Waals surface area contributed by atoms with Crippen LogP contribution in [0.5, 0.6) is 0 Å². The lowest BCUT2D eigenvalue weighted by atomic mass is 9.86. The third-order valence-corrected chi connectivity index (χ3v) is 5.45. The fourth-order valence-electron chi connectivity index (χ4n) is 2.99. The van der Waals surface area contributed by atoms with Crippen LogP contribution in [-0.2, 0) is 9.47 Å². The highest BCUT2D eigenvalue weighted by Gasteiger charge is 2.39. The molecule has 1 aromatic rings. The summed E-state index contributed by atoms with van der Waals surface area (Å²) in [6.45, 7) is 2.50. The first-order valence-corrected chi connectivity index (χ1v) is 8.11. The molecule has 1 aromatic carbocycles. The van der Waals surface area contributed by atoms with Crippen LogP contribution in [-0.4, -0.2) is 37.0 Å². The zero-order valence-electron chi connectivity index (χ0n) is 11.5. The normalized spacial score (nSPS) is 25.5. The number of benzene rings is 1. The van der Waals surface area contributed by atoms with Gasteiger partial charge in [0, 0.05) is 35.5 Å². The van der Waals surface area contributed by atoms with Crippen molar-refractivity contribution in [2.75, 3.05) is 19.8 Å². The van der Waals surface area contributed by atoms with Crippen LogP contribution in [0.3, 0.4) is 0 Å². The van der Waals surface area contributed by atoms with E-state index in [1.165, 1.54) is 4.90 Å². The molecule has 108 valence electrons. The summed E-state index contributed by atoms with van der Waals surface area (Å²) in [5, 5.41) is 0.601. The van der Waals surface area contributed by atoms with Crippen LogP contribution in [0.25, 0.3) is 0 Å². The predicted molar refractivity (Wildman–Crippen MR) is 79.4 cm³/mol. The van der Waals surface area contributed by atoms with Gasteiger partial charge in [0.05, 0.1) is 5.60 Å². The van der Waals surface area contributed by atoms with Crippen molar-refractivity contribution >= 4 is 18.0 Å². The van der Waals surface area contributed by atoms with Crippen molar-refractivity contribution in [3.8, 4) is 0 Å². The summed E-state index contributed by atoms with van der Waals surface area (Å²) in [4.78, 5) is 11.9. The summed E-state index contributed by atoms with van der Waals surface area (Å²) in [5.74, 6) is 0. The predicted octanol–water partition coefficient (Wildman–Crippen LogP) is 3.32. The topological polar surface area (TPSA) is 35.5 Å². The van der Waals surface area contributed by atoms with Crippen LogP contribution >= 0.6 is 11.8 Å². The Kier molecular flexibility index (Phi) is 4.44. The highest BCUT2D eigenvalue weighted by atomic mass is 32.2. The Labute approximate surface area is 124 Å². The molecule has 1 atom stereocenters. The summed E-state index contributed by atoms with van der Waals surface area (Å²) < 4.78 is 11.5. The third-order valence-electron chi connectivity index (χ3n) is 4.17. The maximum Gasteiger partial charge on any atom is 0.150 e. The first-order chi connectivity index (χ1) is 9.80. The van der Waals surface area contributed by atoms with E-state index < -0.39 is 0 Å². The molecule has 1 unspecified atom stereocenters. The summed E-state index contributed by atoms with van der Waals surface area (Å²) in [5.41, 5.74) is 0.791. The minimum absolute atomic E-state index is 0.0525. The Hall–Kier alpha value is -0.840. The number of carbonyl (C=O) groups is 1. The zero-order valence-corrected chi connectivity index (χ0v) is 12.4. The molecule has 3 rings (SSSR count). The van der Waals surface area contributed by atoms with Crippen molar-refractivity contribution in [1.29, 1.82) is 0 Å². The van der Waals surface area contributed by atoms with E-state index in [1.807, 2.05) is 36.0 Å². The van der Waals surface area contributed by atoms with Gasteiger partial charge < -0.3 is 9.47 Å². The van der Waals surface area contributed by atoms with Crippen LogP contribution in [0.15, 0.2) is 29.2 Å². The van der Waals surface area contributed by atoms with Gasteiger partial charge >= 0.3 is 0 Å². The summed E-state index contributed by atoms with van der Waals surface area (Å²) in [6, 6.07) is 7.86. The van der Waals surface area contributed by atoms with E-state index in [1.54, 1.807) is 0 Å². The van der Waals surface area contributed by atoms with Crippen molar-refractivity contribution in [3.05, 3.63) is 29.8 Å². The molecule has 3 nitrogen and oxygen atoms in total. The van der Waals surface area contributed by atoms with E-state index in [4.69, 9.17) is 9.47 Å². The number of aldehydes is 1. The molecule has 0 saturated carbocycles. The quantitative estimate of drug-likeness (QED) is 0.801. The average molecular weight is 292 g/mol. The molecule has 4 heteroatoms. The summed E-state index contributed by atoms with van der Waals surface area (Å²) in [7, 11) is 0. The van der Waals surface area contributed by atoms with Gasteiger partial charge in [-0.15, -0.1) is 11.8 Å². The monoisotopic (exact) mass is 292 g/mol. The molecule has 0 aliphatic carbocycles. The van der Waals surface area contributed by atoms with Gasteiger partial charge in [-0.25, -0.2) is 0 Å². The van der Waals surface area contributed by atoms with Crippen LogP contribution in [0.2, 0.25) is 0 Å². The number of hydrogen-bond acceptors (Lipinski definition) is 4. The van der Waals surface area contributed by atoms with Gasteiger partial charge in [-0.05, 0) is 37.8 Å². The highest BCUT2D eigenvalue weighted by Crippen LogP contribution is 2.40. The minimum atomic E-state index is 0.0525. The first kappa shape index (κ1) is 14.1. The largest absolute Gasteiger partial charge is 0.381 e. The van der Waals surface area contributed by atoms with Crippen molar-refractivity contribution in [2.24, 2.45) is 0 Å². The molecule has 0 aromatic heterocycles. The number of rotatable bonds is 3. The van der Waals surface area contributed by atoms with E-state index in [2.05, 4.69) is 0 Å². The second-order valence-electron chi connectivity index (χ2n) is 5.56. The molecule has 0 amide bonds. The van der Waals surface area contributed by atoms with Crippen LogP contribution in [0, 0.1) is 0 Å². The Morgan fingerprint density at radius 2 is 1.90 bits per heavy atom. The molecule has 2 fully saturated rings. The lowest BCUT2D eigenvalue weighted by Crippen LogP contribution is -2.45. The molecule has 20 heavy (non-hydrogen) atoms. The second kappa shape index (κ2) is 6.29. The fourth-order valence-corrected chi connectivity index (χ4v) is 4.27.